The Morgan fingerprint density at radius 2 is 1.93 bits per heavy atom. The number of hydrogen-bond donors (Lipinski definition) is 1. The number of aryl methyl sites for hydroxylation is 3. The van der Waals surface area contributed by atoms with Gasteiger partial charge in [0.1, 0.15) is 5.75 Å². The monoisotopic (exact) mass is 451 g/mol. The van der Waals surface area contributed by atoms with Gasteiger partial charge in [-0.15, -0.1) is 0 Å². The molecule has 0 aliphatic heterocycles. The number of methoxy groups -OCH3 is 1. The summed E-state index contributed by atoms with van der Waals surface area (Å²) in [6.45, 7) is 2.03. The van der Waals surface area contributed by atoms with Gasteiger partial charge in [-0.25, -0.2) is 9.97 Å². The SMILES string of the molecule is CCc1nc2c(nc1NC(=O)Cc1ccc(Br)cc1)CCc1cc(OC)ccc1-2. The molecule has 148 valence electrons. The predicted octanol–water partition coefficient (Wildman–Crippen LogP) is 4.76. The topological polar surface area (TPSA) is 64.1 Å². The van der Waals surface area contributed by atoms with Gasteiger partial charge in [0.05, 0.1) is 30.6 Å². The van der Waals surface area contributed by atoms with Gasteiger partial charge in [0.15, 0.2) is 5.82 Å². The molecule has 0 fully saturated rings. The van der Waals surface area contributed by atoms with Crippen LogP contribution in [0.2, 0.25) is 0 Å². The van der Waals surface area contributed by atoms with Crippen LogP contribution in [0.1, 0.15) is 29.4 Å². The summed E-state index contributed by atoms with van der Waals surface area (Å²) in [5.41, 5.74) is 5.92. The minimum atomic E-state index is -0.0859. The Kier molecular flexibility index (Phi) is 5.62. The Labute approximate surface area is 178 Å². The standard InChI is InChI=1S/C23H22BrN3O2/c1-3-19-23(27-21(28)12-14-4-7-16(24)8-5-14)26-20-11-6-15-13-17(29-2)9-10-18(15)22(20)25-19/h4-5,7-10,13H,3,6,11-12H2,1-2H3,(H,26,27,28). The molecule has 0 unspecified atom stereocenters. The number of anilines is 1. The molecular weight excluding hydrogens is 430 g/mol. The van der Waals surface area contributed by atoms with Gasteiger partial charge in [0.25, 0.3) is 0 Å². The molecule has 6 heteroatoms. The largest absolute Gasteiger partial charge is 0.497 e. The third-order valence-electron chi connectivity index (χ3n) is 5.11. The van der Waals surface area contributed by atoms with Gasteiger partial charge in [-0.3, -0.25) is 4.79 Å². The van der Waals surface area contributed by atoms with Crippen molar-refractivity contribution in [3.05, 3.63) is 69.5 Å². The van der Waals surface area contributed by atoms with Gasteiger partial charge in [-0.2, -0.15) is 0 Å². The second kappa shape index (κ2) is 8.33. The molecule has 3 aromatic rings. The molecule has 1 N–H and O–H groups in total. The van der Waals surface area contributed by atoms with Crippen LogP contribution in [-0.2, 0) is 30.5 Å². The highest BCUT2D eigenvalue weighted by Crippen LogP contribution is 2.34. The van der Waals surface area contributed by atoms with Crippen molar-refractivity contribution in [2.75, 3.05) is 12.4 Å². The van der Waals surface area contributed by atoms with Crippen molar-refractivity contribution < 1.29 is 9.53 Å². The number of halogens is 1. The number of carbonyl (C=O) groups is 1. The predicted molar refractivity (Wildman–Crippen MR) is 117 cm³/mol. The number of fused-ring (bicyclic) bond motifs is 3. The fourth-order valence-electron chi connectivity index (χ4n) is 3.59. The summed E-state index contributed by atoms with van der Waals surface area (Å²) in [5, 5.41) is 2.97. The van der Waals surface area contributed by atoms with Crippen molar-refractivity contribution in [2.24, 2.45) is 0 Å². The molecule has 1 aliphatic rings. The first-order valence-corrected chi connectivity index (χ1v) is 10.5. The fraction of sp³-hybridized carbons (Fsp3) is 0.261. The van der Waals surface area contributed by atoms with Crippen LogP contribution in [-0.4, -0.2) is 23.0 Å². The number of ether oxygens (including phenoxy) is 1. The third kappa shape index (κ3) is 4.17. The van der Waals surface area contributed by atoms with Gasteiger partial charge in [-0.05, 0) is 60.7 Å². The van der Waals surface area contributed by atoms with Crippen molar-refractivity contribution in [2.45, 2.75) is 32.6 Å². The first kappa shape index (κ1) is 19.6. The highest BCUT2D eigenvalue weighted by molar-refractivity contribution is 9.10. The average molecular weight is 452 g/mol. The maximum Gasteiger partial charge on any atom is 0.229 e. The summed E-state index contributed by atoms with van der Waals surface area (Å²) in [4.78, 5) is 22.2. The van der Waals surface area contributed by atoms with Gasteiger partial charge in [0, 0.05) is 10.0 Å². The third-order valence-corrected chi connectivity index (χ3v) is 5.64. The summed E-state index contributed by atoms with van der Waals surface area (Å²) in [6, 6.07) is 13.8. The van der Waals surface area contributed by atoms with Crippen LogP contribution in [0.25, 0.3) is 11.3 Å². The van der Waals surface area contributed by atoms with Crippen molar-refractivity contribution in [3.8, 4) is 17.0 Å². The maximum atomic E-state index is 12.6. The van der Waals surface area contributed by atoms with E-state index in [1.54, 1.807) is 7.11 Å². The minimum Gasteiger partial charge on any atom is -0.497 e. The van der Waals surface area contributed by atoms with Crippen LogP contribution >= 0.6 is 15.9 Å². The quantitative estimate of drug-likeness (QED) is 0.607. The van der Waals surface area contributed by atoms with Crippen LogP contribution in [0.5, 0.6) is 5.75 Å². The Hall–Kier alpha value is -2.73. The van der Waals surface area contributed by atoms with E-state index in [0.29, 0.717) is 18.7 Å². The number of hydrogen-bond acceptors (Lipinski definition) is 4. The normalized spacial score (nSPS) is 12.1. The number of nitrogens with zero attached hydrogens (tertiary/aromatic N) is 2. The first-order valence-electron chi connectivity index (χ1n) is 9.68. The lowest BCUT2D eigenvalue weighted by Gasteiger charge is -2.21. The molecule has 5 nitrogen and oxygen atoms in total. The molecule has 1 amide bonds. The Bertz CT molecular complexity index is 1060. The summed E-state index contributed by atoms with van der Waals surface area (Å²) >= 11 is 3.41. The molecule has 1 heterocycles. The van der Waals surface area contributed by atoms with Crippen molar-refractivity contribution in [1.82, 2.24) is 9.97 Å². The van der Waals surface area contributed by atoms with Crippen LogP contribution in [0, 0.1) is 0 Å². The lowest BCUT2D eigenvalue weighted by atomic mass is 9.91. The van der Waals surface area contributed by atoms with Crippen LogP contribution in [0.3, 0.4) is 0 Å². The molecular formula is C23H22BrN3O2. The number of amides is 1. The number of carbonyl (C=O) groups excluding carboxylic acids is 1. The molecule has 0 saturated heterocycles. The van der Waals surface area contributed by atoms with E-state index in [1.165, 1.54) is 5.56 Å². The average Bonchev–Trinajstić information content (AvgIpc) is 2.74. The van der Waals surface area contributed by atoms with E-state index in [4.69, 9.17) is 14.7 Å². The molecule has 0 bridgehead atoms. The van der Waals surface area contributed by atoms with Crippen LogP contribution in [0.4, 0.5) is 5.82 Å². The smallest absolute Gasteiger partial charge is 0.229 e. The Morgan fingerprint density at radius 1 is 1.14 bits per heavy atom. The molecule has 1 aromatic heterocycles. The molecule has 0 atom stereocenters. The van der Waals surface area contributed by atoms with E-state index < -0.39 is 0 Å². The number of aromatic nitrogens is 2. The molecule has 0 spiro atoms. The first-order chi connectivity index (χ1) is 14.1. The molecule has 2 aromatic carbocycles. The second-order valence-electron chi connectivity index (χ2n) is 7.04. The zero-order valence-electron chi connectivity index (χ0n) is 16.5. The van der Waals surface area contributed by atoms with E-state index in [0.717, 1.165) is 51.3 Å². The molecule has 0 saturated carbocycles. The van der Waals surface area contributed by atoms with Crippen LogP contribution < -0.4 is 10.1 Å². The highest BCUT2D eigenvalue weighted by Gasteiger charge is 2.22. The van der Waals surface area contributed by atoms with Gasteiger partial charge >= 0.3 is 0 Å². The number of nitrogens with one attached hydrogen (secondary N) is 1. The summed E-state index contributed by atoms with van der Waals surface area (Å²) in [6.07, 6.45) is 2.67. The van der Waals surface area contributed by atoms with E-state index in [-0.39, 0.29) is 5.91 Å². The minimum absolute atomic E-state index is 0.0859. The Morgan fingerprint density at radius 3 is 2.66 bits per heavy atom. The zero-order chi connectivity index (χ0) is 20.4. The lowest BCUT2D eigenvalue weighted by molar-refractivity contribution is -0.115. The zero-order valence-corrected chi connectivity index (χ0v) is 18.0. The van der Waals surface area contributed by atoms with Crippen molar-refractivity contribution >= 4 is 27.7 Å². The summed E-state index contributed by atoms with van der Waals surface area (Å²) < 4.78 is 6.34. The molecule has 29 heavy (non-hydrogen) atoms. The van der Waals surface area contributed by atoms with Gasteiger partial charge < -0.3 is 10.1 Å². The molecule has 0 radical (unpaired) electrons. The van der Waals surface area contributed by atoms with E-state index in [1.807, 2.05) is 43.3 Å². The molecule has 1 aliphatic carbocycles. The van der Waals surface area contributed by atoms with E-state index >= 15 is 0 Å². The van der Waals surface area contributed by atoms with Crippen molar-refractivity contribution in [3.63, 3.8) is 0 Å². The molecule has 4 rings (SSSR count). The number of rotatable bonds is 5. The maximum absolute atomic E-state index is 12.6. The van der Waals surface area contributed by atoms with E-state index in [9.17, 15) is 4.79 Å². The summed E-state index contributed by atoms with van der Waals surface area (Å²) in [7, 11) is 1.68. The highest BCUT2D eigenvalue weighted by atomic mass is 79.9. The van der Waals surface area contributed by atoms with E-state index in [2.05, 4.69) is 27.3 Å². The second-order valence-corrected chi connectivity index (χ2v) is 7.96. The summed E-state index contributed by atoms with van der Waals surface area (Å²) in [5.74, 6) is 1.34. The Balaban J connectivity index is 1.60. The number of benzene rings is 2. The van der Waals surface area contributed by atoms with Gasteiger partial charge in [0.2, 0.25) is 5.91 Å². The lowest BCUT2D eigenvalue weighted by Crippen LogP contribution is -2.19. The van der Waals surface area contributed by atoms with Gasteiger partial charge in [-0.1, -0.05) is 35.0 Å². The fourth-order valence-corrected chi connectivity index (χ4v) is 3.86. The van der Waals surface area contributed by atoms with Crippen molar-refractivity contribution in [1.29, 1.82) is 0 Å². The van der Waals surface area contributed by atoms with Crippen LogP contribution in [0.15, 0.2) is 46.9 Å².